The normalized spacial score (nSPS) is 10.0. The zero-order valence-electron chi connectivity index (χ0n) is 5.00. The van der Waals surface area contributed by atoms with E-state index < -0.39 is 0 Å². The minimum Gasteiger partial charge on any atom is -0.0840 e. The highest BCUT2D eigenvalue weighted by molar-refractivity contribution is 6.44. The summed E-state index contributed by atoms with van der Waals surface area (Å²) in [5, 5.41) is 1.44. The zero-order chi connectivity index (χ0) is 7.72. The molecule has 0 bridgehead atoms. The Labute approximate surface area is 74.7 Å². The minimum atomic E-state index is 0.425. The topological polar surface area (TPSA) is 0 Å². The number of rotatable bonds is 0. The van der Waals surface area contributed by atoms with Gasteiger partial charge in [-0.3, -0.25) is 0 Å². The first-order valence-electron chi connectivity index (χ1n) is 2.58. The van der Waals surface area contributed by atoms with Crippen molar-refractivity contribution in [2.75, 3.05) is 0 Å². The molecule has 0 aliphatic carbocycles. The first kappa shape index (κ1) is 8.19. The molecule has 0 amide bonds. The second-order valence-electron chi connectivity index (χ2n) is 1.82. The molecule has 1 radical (unpaired) electrons. The van der Waals surface area contributed by atoms with E-state index in [1.54, 1.807) is 12.1 Å². The summed E-state index contributed by atoms with van der Waals surface area (Å²) >= 11 is 17.0. The Morgan fingerprint density at radius 1 is 1.00 bits per heavy atom. The molecule has 10 heavy (non-hydrogen) atoms. The molecule has 0 aliphatic heterocycles. The molecule has 0 atom stereocenters. The molecule has 0 unspecified atom stereocenters. The number of halogens is 3. The maximum Gasteiger partial charge on any atom is 0.0639 e. The van der Waals surface area contributed by atoms with Gasteiger partial charge in [0.15, 0.2) is 0 Å². The van der Waals surface area contributed by atoms with Crippen LogP contribution in [0.2, 0.25) is 15.1 Å². The number of hydrogen-bond donors (Lipinski definition) is 0. The summed E-state index contributed by atoms with van der Waals surface area (Å²) in [7, 11) is 0. The van der Waals surface area contributed by atoms with Crippen LogP contribution < -0.4 is 0 Å². The van der Waals surface area contributed by atoms with E-state index in [0.717, 1.165) is 0 Å². The summed E-state index contributed by atoms with van der Waals surface area (Å²) in [6, 6.07) is 3.30. The predicted molar refractivity (Wildman–Crippen MR) is 45.9 cm³/mol. The summed E-state index contributed by atoms with van der Waals surface area (Å²) in [5.74, 6) is 0. The summed E-state index contributed by atoms with van der Waals surface area (Å²) in [6.07, 6.45) is 0. The fourth-order valence-corrected chi connectivity index (χ4v) is 1.12. The van der Waals surface area contributed by atoms with Gasteiger partial charge in [0.2, 0.25) is 0 Å². The van der Waals surface area contributed by atoms with Crippen LogP contribution in [-0.2, 0) is 0 Å². The molecule has 0 saturated carbocycles. The van der Waals surface area contributed by atoms with E-state index in [2.05, 4.69) is 6.92 Å². The molecule has 0 saturated heterocycles. The van der Waals surface area contributed by atoms with Gasteiger partial charge >= 0.3 is 0 Å². The van der Waals surface area contributed by atoms with Crippen molar-refractivity contribution in [3.63, 3.8) is 0 Å². The maximum atomic E-state index is 5.70. The van der Waals surface area contributed by atoms with Crippen LogP contribution in [0.25, 0.3) is 0 Å². The fraction of sp³-hybridized carbons (Fsp3) is 0. The van der Waals surface area contributed by atoms with Gasteiger partial charge < -0.3 is 0 Å². The van der Waals surface area contributed by atoms with Crippen molar-refractivity contribution in [1.82, 2.24) is 0 Å². The molecule has 3 heteroatoms. The van der Waals surface area contributed by atoms with Crippen molar-refractivity contribution in [2.45, 2.75) is 0 Å². The Balaban J connectivity index is 3.34. The van der Waals surface area contributed by atoms with Gasteiger partial charge in [-0.1, -0.05) is 34.8 Å². The highest BCUT2D eigenvalue weighted by Gasteiger charge is 2.03. The molecule has 0 spiro atoms. The third kappa shape index (κ3) is 1.39. The molecule has 53 valence electrons. The number of benzene rings is 1. The minimum absolute atomic E-state index is 0.425. The van der Waals surface area contributed by atoms with Crippen molar-refractivity contribution < 1.29 is 0 Å². The van der Waals surface area contributed by atoms with Crippen LogP contribution in [0.4, 0.5) is 0 Å². The lowest BCUT2D eigenvalue weighted by atomic mass is 10.2. The van der Waals surface area contributed by atoms with E-state index in [0.29, 0.717) is 20.6 Å². The van der Waals surface area contributed by atoms with E-state index in [4.69, 9.17) is 34.8 Å². The molecular formula is C7H4Cl3. The zero-order valence-corrected chi connectivity index (χ0v) is 7.26. The van der Waals surface area contributed by atoms with Crippen LogP contribution >= 0.6 is 34.8 Å². The van der Waals surface area contributed by atoms with Crippen LogP contribution in [0.3, 0.4) is 0 Å². The van der Waals surface area contributed by atoms with Crippen molar-refractivity contribution in [1.29, 1.82) is 0 Å². The SMILES string of the molecule is [CH2]c1c(Cl)ccc(Cl)c1Cl. The lowest BCUT2D eigenvalue weighted by Gasteiger charge is -2.00. The second kappa shape index (κ2) is 3.00. The Bertz CT molecular complexity index is 228. The number of hydrogen-bond acceptors (Lipinski definition) is 0. The Morgan fingerprint density at radius 2 is 1.50 bits per heavy atom. The van der Waals surface area contributed by atoms with Gasteiger partial charge in [0.05, 0.1) is 10.0 Å². The lowest BCUT2D eigenvalue weighted by Crippen LogP contribution is -1.77. The van der Waals surface area contributed by atoms with E-state index >= 15 is 0 Å². The van der Waals surface area contributed by atoms with Gasteiger partial charge in [-0.25, -0.2) is 0 Å². The first-order valence-corrected chi connectivity index (χ1v) is 3.72. The molecular weight excluding hydrogens is 190 g/mol. The Hall–Kier alpha value is 0.0900. The molecule has 0 aliphatic rings. The van der Waals surface area contributed by atoms with E-state index in [1.165, 1.54) is 0 Å². The van der Waals surface area contributed by atoms with Crippen molar-refractivity contribution in [2.24, 2.45) is 0 Å². The molecule has 0 aromatic heterocycles. The van der Waals surface area contributed by atoms with Gasteiger partial charge in [-0.05, 0) is 24.6 Å². The Morgan fingerprint density at radius 3 is 2.00 bits per heavy atom. The van der Waals surface area contributed by atoms with Crippen molar-refractivity contribution in [3.05, 3.63) is 39.7 Å². The van der Waals surface area contributed by atoms with Gasteiger partial charge in [-0.2, -0.15) is 0 Å². The summed E-state index contributed by atoms with van der Waals surface area (Å²) in [5.41, 5.74) is 0.579. The molecule has 0 fully saturated rings. The van der Waals surface area contributed by atoms with Gasteiger partial charge in [0.1, 0.15) is 0 Å². The first-order chi connectivity index (χ1) is 4.63. The summed E-state index contributed by atoms with van der Waals surface area (Å²) < 4.78 is 0. The molecule has 1 aromatic rings. The molecule has 0 nitrogen and oxygen atoms in total. The summed E-state index contributed by atoms with van der Waals surface area (Å²) in [6.45, 7) is 3.63. The summed E-state index contributed by atoms with van der Waals surface area (Å²) in [4.78, 5) is 0. The van der Waals surface area contributed by atoms with Crippen molar-refractivity contribution in [3.8, 4) is 0 Å². The third-order valence-electron chi connectivity index (χ3n) is 1.14. The molecule has 1 rings (SSSR count). The smallest absolute Gasteiger partial charge is 0.0639 e. The van der Waals surface area contributed by atoms with Gasteiger partial charge in [0.25, 0.3) is 0 Å². The van der Waals surface area contributed by atoms with Crippen LogP contribution in [0.5, 0.6) is 0 Å². The van der Waals surface area contributed by atoms with Crippen molar-refractivity contribution >= 4 is 34.8 Å². The van der Waals surface area contributed by atoms with E-state index in [1.807, 2.05) is 0 Å². The third-order valence-corrected chi connectivity index (χ3v) is 2.34. The highest BCUT2D eigenvalue weighted by Crippen LogP contribution is 2.29. The van der Waals surface area contributed by atoms with Crippen LogP contribution in [0, 0.1) is 6.92 Å². The van der Waals surface area contributed by atoms with Gasteiger partial charge in [0, 0.05) is 5.02 Å². The lowest BCUT2D eigenvalue weighted by molar-refractivity contribution is 1.61. The molecule has 0 heterocycles. The molecule has 1 aromatic carbocycles. The molecule has 0 N–H and O–H groups in total. The van der Waals surface area contributed by atoms with Gasteiger partial charge in [-0.15, -0.1) is 0 Å². The fourth-order valence-electron chi connectivity index (χ4n) is 0.569. The van der Waals surface area contributed by atoms with E-state index in [9.17, 15) is 0 Å². The maximum absolute atomic E-state index is 5.70. The average molecular weight is 194 g/mol. The predicted octanol–water partition coefficient (Wildman–Crippen LogP) is 3.83. The van der Waals surface area contributed by atoms with Crippen LogP contribution in [-0.4, -0.2) is 0 Å². The average Bonchev–Trinajstić information content (AvgIpc) is 1.93. The largest absolute Gasteiger partial charge is 0.0840 e. The Kier molecular flexibility index (Phi) is 2.45. The highest BCUT2D eigenvalue weighted by atomic mass is 35.5. The van der Waals surface area contributed by atoms with Crippen LogP contribution in [0.15, 0.2) is 12.1 Å². The van der Waals surface area contributed by atoms with Crippen LogP contribution in [0.1, 0.15) is 5.56 Å². The quantitative estimate of drug-likeness (QED) is 0.551. The second-order valence-corrected chi connectivity index (χ2v) is 3.01. The standard InChI is InChI=1S/C7H4Cl3/c1-4-5(8)2-3-6(9)7(4)10/h2-3H,1H2. The van der Waals surface area contributed by atoms with E-state index in [-0.39, 0.29) is 0 Å². The monoisotopic (exact) mass is 193 g/mol.